The Morgan fingerprint density at radius 3 is 2.40 bits per heavy atom. The highest BCUT2D eigenvalue weighted by Gasteiger charge is 2.35. The fraction of sp³-hybridized carbons (Fsp3) is 0.909. The van der Waals surface area contributed by atoms with Crippen molar-refractivity contribution >= 4 is 7.12 Å². The van der Waals surface area contributed by atoms with Crippen LogP contribution in [0.15, 0.2) is 0 Å². The Hall–Kier alpha value is -0.525. The summed E-state index contributed by atoms with van der Waals surface area (Å²) in [6, 6.07) is 2.38. The van der Waals surface area contributed by atoms with Gasteiger partial charge in [-0.25, -0.2) is 0 Å². The quantitative estimate of drug-likeness (QED) is 0.695. The topological polar surface area (TPSA) is 64.2 Å². The molecule has 1 unspecified atom stereocenters. The minimum absolute atomic E-state index is 0.306. The molecule has 0 saturated heterocycles. The molecule has 3 nitrogen and oxygen atoms in total. The zero-order valence-electron chi connectivity index (χ0n) is 9.45. The Kier molecular flexibility index (Phi) is 4.62. The summed E-state index contributed by atoms with van der Waals surface area (Å²) in [6.45, 7) is 1.96. The van der Waals surface area contributed by atoms with Crippen LogP contribution >= 0.6 is 0 Å². The molecule has 0 amide bonds. The van der Waals surface area contributed by atoms with E-state index in [1.807, 2.05) is 6.92 Å². The minimum atomic E-state index is -1.28. The maximum Gasteiger partial charge on any atom is 0.451 e. The first-order valence-corrected chi connectivity index (χ1v) is 5.86. The second-order valence-electron chi connectivity index (χ2n) is 4.88. The monoisotopic (exact) mass is 209 g/mol. The highest BCUT2D eigenvalue weighted by atomic mass is 16.4. The molecule has 0 aromatic heterocycles. The van der Waals surface area contributed by atoms with E-state index in [2.05, 4.69) is 6.07 Å². The summed E-state index contributed by atoms with van der Waals surface area (Å²) >= 11 is 0. The average molecular weight is 209 g/mol. The highest BCUT2D eigenvalue weighted by molar-refractivity contribution is 6.40. The van der Waals surface area contributed by atoms with Gasteiger partial charge in [-0.15, -0.1) is 0 Å². The summed E-state index contributed by atoms with van der Waals surface area (Å²) < 4.78 is 0. The van der Waals surface area contributed by atoms with Crippen molar-refractivity contribution in [3.63, 3.8) is 0 Å². The van der Waals surface area contributed by atoms with Gasteiger partial charge in [0.25, 0.3) is 0 Å². The van der Waals surface area contributed by atoms with Crippen LogP contribution < -0.4 is 0 Å². The Balaban J connectivity index is 2.54. The lowest BCUT2D eigenvalue weighted by molar-refractivity contribution is 0.188. The number of nitriles is 1. The van der Waals surface area contributed by atoms with Crippen molar-refractivity contribution in [2.45, 2.75) is 51.8 Å². The second-order valence-corrected chi connectivity index (χ2v) is 4.88. The molecule has 1 aliphatic carbocycles. The molecule has 0 spiro atoms. The Labute approximate surface area is 92.3 Å². The molecule has 1 aliphatic rings. The first-order valence-electron chi connectivity index (χ1n) is 5.86. The van der Waals surface area contributed by atoms with Crippen molar-refractivity contribution in [1.82, 2.24) is 0 Å². The minimum Gasteiger partial charge on any atom is -0.427 e. The fourth-order valence-corrected chi connectivity index (χ4v) is 2.52. The third-order valence-electron chi connectivity index (χ3n) is 3.68. The van der Waals surface area contributed by atoms with Crippen molar-refractivity contribution in [3.05, 3.63) is 0 Å². The van der Waals surface area contributed by atoms with E-state index >= 15 is 0 Å². The summed E-state index contributed by atoms with van der Waals surface area (Å²) in [7, 11) is -1.28. The number of hydrogen-bond donors (Lipinski definition) is 2. The smallest absolute Gasteiger partial charge is 0.427 e. The van der Waals surface area contributed by atoms with Crippen LogP contribution in [0.5, 0.6) is 0 Å². The summed E-state index contributed by atoms with van der Waals surface area (Å²) in [5.74, 6) is 0.440. The van der Waals surface area contributed by atoms with Crippen LogP contribution in [0, 0.1) is 22.7 Å². The van der Waals surface area contributed by atoms with Gasteiger partial charge < -0.3 is 10.0 Å². The van der Waals surface area contributed by atoms with Crippen molar-refractivity contribution in [1.29, 1.82) is 5.26 Å². The molecule has 2 N–H and O–H groups in total. The largest absolute Gasteiger partial charge is 0.451 e. The van der Waals surface area contributed by atoms with Crippen LogP contribution in [0.2, 0.25) is 6.32 Å². The predicted molar refractivity (Wildman–Crippen MR) is 59.9 cm³/mol. The fourth-order valence-electron chi connectivity index (χ4n) is 2.52. The molecule has 0 aromatic carbocycles. The van der Waals surface area contributed by atoms with Crippen LogP contribution in [0.3, 0.4) is 0 Å². The van der Waals surface area contributed by atoms with Gasteiger partial charge in [-0.05, 0) is 38.4 Å². The van der Waals surface area contributed by atoms with Gasteiger partial charge in [0.2, 0.25) is 0 Å². The van der Waals surface area contributed by atoms with E-state index in [0.29, 0.717) is 18.7 Å². The normalized spacial score (nSPS) is 21.7. The first-order chi connectivity index (χ1) is 7.08. The van der Waals surface area contributed by atoms with Crippen molar-refractivity contribution in [3.8, 4) is 6.07 Å². The van der Waals surface area contributed by atoms with Crippen LogP contribution in [-0.2, 0) is 0 Å². The maximum atomic E-state index is 9.24. The lowest BCUT2D eigenvalue weighted by Crippen LogP contribution is -2.29. The van der Waals surface area contributed by atoms with Gasteiger partial charge in [0.1, 0.15) is 0 Å². The molecule has 15 heavy (non-hydrogen) atoms. The zero-order valence-corrected chi connectivity index (χ0v) is 9.45. The summed E-state index contributed by atoms with van der Waals surface area (Å²) in [6.07, 6.45) is 6.83. The first kappa shape index (κ1) is 12.5. The van der Waals surface area contributed by atoms with Crippen molar-refractivity contribution < 1.29 is 10.0 Å². The van der Waals surface area contributed by atoms with Gasteiger partial charge in [0.15, 0.2) is 0 Å². The Morgan fingerprint density at radius 2 is 1.93 bits per heavy atom. The van der Waals surface area contributed by atoms with Gasteiger partial charge in [0.05, 0.1) is 11.5 Å². The van der Waals surface area contributed by atoms with E-state index in [-0.39, 0.29) is 5.41 Å². The SMILES string of the molecule is CC(C#N)(CCB(O)O)C1CCCCC1. The maximum absolute atomic E-state index is 9.24. The molecule has 0 aliphatic heterocycles. The van der Waals surface area contributed by atoms with Crippen LogP contribution in [0.1, 0.15) is 45.4 Å². The summed E-state index contributed by atoms with van der Waals surface area (Å²) in [5, 5.41) is 26.9. The standard InChI is InChI=1S/C11H20BNO2/c1-11(9-13,7-8-12(14)15)10-5-3-2-4-6-10/h10,14-15H,2-8H2,1H3. The van der Waals surface area contributed by atoms with Crippen LogP contribution in [0.25, 0.3) is 0 Å². The average Bonchev–Trinajstić information content (AvgIpc) is 2.27. The van der Waals surface area contributed by atoms with Crippen LogP contribution in [-0.4, -0.2) is 17.2 Å². The van der Waals surface area contributed by atoms with Gasteiger partial charge in [-0.3, -0.25) is 0 Å². The molecule has 0 radical (unpaired) electrons. The second kappa shape index (κ2) is 5.53. The van der Waals surface area contributed by atoms with E-state index in [4.69, 9.17) is 10.0 Å². The molecular weight excluding hydrogens is 189 g/mol. The highest BCUT2D eigenvalue weighted by Crippen LogP contribution is 2.41. The van der Waals surface area contributed by atoms with E-state index in [1.165, 1.54) is 19.3 Å². The number of rotatable bonds is 4. The van der Waals surface area contributed by atoms with Gasteiger partial charge >= 0.3 is 7.12 Å². The third kappa shape index (κ3) is 3.51. The van der Waals surface area contributed by atoms with E-state index < -0.39 is 7.12 Å². The molecular formula is C11H20BNO2. The molecule has 4 heteroatoms. The molecule has 1 fully saturated rings. The Morgan fingerprint density at radius 1 is 1.33 bits per heavy atom. The van der Waals surface area contributed by atoms with E-state index in [9.17, 15) is 5.26 Å². The van der Waals surface area contributed by atoms with Gasteiger partial charge in [-0.2, -0.15) is 5.26 Å². The lowest BCUT2D eigenvalue weighted by atomic mass is 9.65. The van der Waals surface area contributed by atoms with Crippen LogP contribution in [0.4, 0.5) is 0 Å². The third-order valence-corrected chi connectivity index (χ3v) is 3.68. The molecule has 84 valence electrons. The lowest BCUT2D eigenvalue weighted by Gasteiger charge is -2.34. The Bertz CT molecular complexity index is 233. The summed E-state index contributed by atoms with van der Waals surface area (Å²) in [4.78, 5) is 0. The van der Waals surface area contributed by atoms with Crippen molar-refractivity contribution in [2.75, 3.05) is 0 Å². The number of hydrogen-bond acceptors (Lipinski definition) is 3. The molecule has 0 heterocycles. The van der Waals surface area contributed by atoms with Gasteiger partial charge in [-0.1, -0.05) is 19.3 Å². The molecule has 0 aromatic rings. The molecule has 1 atom stereocenters. The van der Waals surface area contributed by atoms with Gasteiger partial charge in [0, 0.05) is 0 Å². The van der Waals surface area contributed by atoms with Crippen molar-refractivity contribution in [2.24, 2.45) is 11.3 Å². The molecule has 0 bridgehead atoms. The zero-order chi connectivity index (χ0) is 11.3. The summed E-state index contributed by atoms with van der Waals surface area (Å²) in [5.41, 5.74) is -0.371. The molecule has 1 rings (SSSR count). The van der Waals surface area contributed by atoms with E-state index in [1.54, 1.807) is 0 Å². The predicted octanol–water partition coefficient (Wildman–Crippen LogP) is 1.96. The number of nitrogens with zero attached hydrogens (tertiary/aromatic N) is 1. The van der Waals surface area contributed by atoms with E-state index in [0.717, 1.165) is 12.8 Å². The molecule has 1 saturated carbocycles.